The molecule has 0 rings (SSSR count). The molecular weight excluding hydrogens is 834 g/mol. The number of esters is 1. The monoisotopic (exact) mass is 919 g/mol. The van der Waals surface area contributed by atoms with E-state index in [0.29, 0.717) is 13.1 Å². The summed E-state index contributed by atoms with van der Waals surface area (Å²) in [5.41, 5.74) is 0. The third kappa shape index (κ3) is 44.1. The predicted octanol–water partition coefficient (Wildman–Crippen LogP) is 13.0. The van der Waals surface area contributed by atoms with Crippen LogP contribution in [-0.2, 0) is 35.4 Å². The number of carbonyl (C=O) groups is 2. The maximum Gasteiger partial charge on any atom is 0.308 e. The molecule has 0 heterocycles. The van der Waals surface area contributed by atoms with Gasteiger partial charge in [0, 0.05) is 21.1 Å². The number of carbonyl (C=O) groups excluding carboxylic acids is 2. The Balaban J connectivity index is -0.000000251. The molecular formula is C41H85BrNO4W-. The number of rotatable bonds is 30. The average Bonchev–Trinajstić information content (AvgIpc) is 3.10. The molecule has 7 heteroatoms. The van der Waals surface area contributed by atoms with Gasteiger partial charge in [-0.2, -0.15) is 0 Å². The van der Waals surface area contributed by atoms with E-state index in [4.69, 9.17) is 4.74 Å². The molecule has 0 aromatic rings. The Morgan fingerprint density at radius 1 is 0.625 bits per heavy atom. The quantitative estimate of drug-likeness (QED) is 0.0337. The predicted molar refractivity (Wildman–Crippen MR) is 212 cm³/mol. The largest absolute Gasteiger partial charge is 0.464 e. The summed E-state index contributed by atoms with van der Waals surface area (Å²) in [6.07, 6.45) is 29.1. The molecule has 0 fully saturated rings. The van der Waals surface area contributed by atoms with Crippen LogP contribution in [0.5, 0.6) is 0 Å². The van der Waals surface area contributed by atoms with Crippen molar-refractivity contribution in [2.45, 2.75) is 216 Å². The minimum absolute atomic E-state index is 0. The molecule has 1 N–H and O–H groups in total. The van der Waals surface area contributed by atoms with Crippen molar-refractivity contribution in [3.63, 3.8) is 0 Å². The van der Waals surface area contributed by atoms with Crippen LogP contribution in [0.1, 0.15) is 209 Å². The SMILES string of the molecule is CC.CC.CCCCCCCCC(O)CCCCCC.[CH2-]CN(CCOC(=O)C(CCCCCC)CCCCCCCC)C(=O)CBr.[W]. The van der Waals surface area contributed by atoms with Crippen LogP contribution in [-0.4, -0.2) is 53.0 Å². The number of aliphatic hydroxyl groups excluding tert-OH is 1. The summed E-state index contributed by atoms with van der Waals surface area (Å²) in [5.74, 6) is -0.104. The van der Waals surface area contributed by atoms with Crippen LogP contribution in [0.25, 0.3) is 0 Å². The van der Waals surface area contributed by atoms with Gasteiger partial charge in [0.2, 0.25) is 5.91 Å². The van der Waals surface area contributed by atoms with Gasteiger partial charge in [0.05, 0.1) is 23.9 Å². The molecule has 0 saturated carbocycles. The number of unbranched alkanes of at least 4 members (excludes halogenated alkanes) is 16. The number of hydrogen-bond acceptors (Lipinski definition) is 4. The number of hydrogen-bond donors (Lipinski definition) is 1. The molecule has 48 heavy (non-hydrogen) atoms. The summed E-state index contributed by atoms with van der Waals surface area (Å²) in [4.78, 5) is 25.8. The standard InChI is InChI=1S/C22H41BrNO3.C15H32O.2C2H6.W/c1-4-7-9-11-12-14-16-20(15-13-10-8-5-2)22(26)27-18-17-24(6-3)21(25)19-23;1-3-5-7-9-10-12-14-15(16)13-11-8-6-4-2;2*1-2;/h20H,3-19H2,1-2H3;15-16H,3-14H2,1-2H3;2*1-2H3;/q-1;;;;. The Kier molecular flexibility index (Phi) is 61.5. The first-order valence-corrected chi connectivity index (χ1v) is 21.5. The molecule has 0 saturated heterocycles. The van der Waals surface area contributed by atoms with Crippen molar-refractivity contribution in [2.75, 3.05) is 25.0 Å². The topological polar surface area (TPSA) is 66.8 Å². The Morgan fingerprint density at radius 3 is 1.31 bits per heavy atom. The van der Waals surface area contributed by atoms with Crippen molar-refractivity contribution in [1.82, 2.24) is 4.90 Å². The summed E-state index contributed by atoms with van der Waals surface area (Å²) < 4.78 is 5.51. The molecule has 0 radical (unpaired) electrons. The van der Waals surface area contributed by atoms with Crippen molar-refractivity contribution in [2.24, 2.45) is 5.92 Å². The molecule has 0 aromatic carbocycles. The van der Waals surface area contributed by atoms with E-state index in [1.54, 1.807) is 4.90 Å². The fraction of sp³-hybridized carbons (Fsp3) is 0.927. The molecule has 0 spiro atoms. The third-order valence-corrected chi connectivity index (χ3v) is 8.75. The molecule has 0 aliphatic rings. The van der Waals surface area contributed by atoms with Crippen molar-refractivity contribution in [1.29, 1.82) is 0 Å². The van der Waals surface area contributed by atoms with E-state index in [9.17, 15) is 14.7 Å². The molecule has 2 atom stereocenters. The number of halogens is 1. The summed E-state index contributed by atoms with van der Waals surface area (Å²) in [7, 11) is 0. The Hall–Kier alpha value is 0.0683. The van der Waals surface area contributed by atoms with Crippen LogP contribution in [0.15, 0.2) is 0 Å². The van der Waals surface area contributed by atoms with E-state index in [0.717, 1.165) is 38.5 Å². The molecule has 0 aliphatic carbocycles. The number of alkyl halides is 1. The van der Waals surface area contributed by atoms with E-state index in [1.807, 2.05) is 27.7 Å². The molecule has 1 amide bonds. The van der Waals surface area contributed by atoms with E-state index in [2.05, 4.69) is 50.5 Å². The Morgan fingerprint density at radius 2 is 0.958 bits per heavy atom. The molecule has 0 bridgehead atoms. The Labute approximate surface area is 325 Å². The van der Waals surface area contributed by atoms with Crippen molar-refractivity contribution < 1.29 is 40.5 Å². The fourth-order valence-electron chi connectivity index (χ4n) is 5.30. The molecule has 292 valence electrons. The second-order valence-electron chi connectivity index (χ2n) is 12.3. The number of ether oxygens (including phenoxy) is 1. The first-order chi connectivity index (χ1) is 22.9. The second-order valence-corrected chi connectivity index (χ2v) is 12.9. The first-order valence-electron chi connectivity index (χ1n) is 20.4. The van der Waals surface area contributed by atoms with E-state index in [-0.39, 0.29) is 56.9 Å². The van der Waals surface area contributed by atoms with E-state index in [1.165, 1.54) is 116 Å². The molecule has 5 nitrogen and oxygen atoms in total. The second kappa shape index (κ2) is 51.4. The molecule has 2 unspecified atom stereocenters. The van der Waals surface area contributed by atoms with Crippen LogP contribution < -0.4 is 0 Å². The van der Waals surface area contributed by atoms with Crippen molar-refractivity contribution in [3.8, 4) is 0 Å². The zero-order valence-electron chi connectivity index (χ0n) is 33.6. The van der Waals surface area contributed by atoms with Gasteiger partial charge in [0.1, 0.15) is 6.61 Å². The van der Waals surface area contributed by atoms with Gasteiger partial charge in [-0.1, -0.05) is 200 Å². The smallest absolute Gasteiger partial charge is 0.308 e. The third-order valence-electron chi connectivity index (χ3n) is 8.27. The fourth-order valence-corrected chi connectivity index (χ4v) is 5.65. The van der Waals surface area contributed by atoms with Crippen molar-refractivity contribution in [3.05, 3.63) is 6.92 Å². The zero-order valence-corrected chi connectivity index (χ0v) is 38.1. The van der Waals surface area contributed by atoms with Crippen LogP contribution in [0.3, 0.4) is 0 Å². The van der Waals surface area contributed by atoms with Gasteiger partial charge in [-0.15, -0.1) is 6.54 Å². The van der Waals surface area contributed by atoms with Crippen LogP contribution in [0, 0.1) is 12.8 Å². The van der Waals surface area contributed by atoms with Gasteiger partial charge in [0.25, 0.3) is 0 Å². The van der Waals surface area contributed by atoms with Gasteiger partial charge in [0.15, 0.2) is 0 Å². The minimum Gasteiger partial charge on any atom is -0.464 e. The van der Waals surface area contributed by atoms with Gasteiger partial charge in [-0.05, 0) is 25.7 Å². The normalized spacial score (nSPS) is 11.3. The maximum absolute atomic E-state index is 12.5. The van der Waals surface area contributed by atoms with E-state index < -0.39 is 0 Å². The van der Waals surface area contributed by atoms with Gasteiger partial charge < -0.3 is 21.7 Å². The number of amides is 1. The summed E-state index contributed by atoms with van der Waals surface area (Å²) in [6, 6.07) is 0. The van der Waals surface area contributed by atoms with Gasteiger partial charge in [-0.25, -0.2) is 0 Å². The van der Waals surface area contributed by atoms with Gasteiger partial charge >= 0.3 is 5.97 Å². The number of nitrogens with zero attached hydrogens (tertiary/aromatic N) is 1. The van der Waals surface area contributed by atoms with Crippen LogP contribution in [0.2, 0.25) is 0 Å². The number of aliphatic hydroxyl groups is 1. The zero-order chi connectivity index (χ0) is 36.4. The summed E-state index contributed by atoms with van der Waals surface area (Å²) in [6.45, 7) is 21.7. The van der Waals surface area contributed by atoms with Gasteiger partial charge in [-0.3, -0.25) is 9.59 Å². The van der Waals surface area contributed by atoms with Crippen LogP contribution in [0.4, 0.5) is 0 Å². The van der Waals surface area contributed by atoms with E-state index >= 15 is 0 Å². The van der Waals surface area contributed by atoms with Crippen LogP contribution >= 0.6 is 15.9 Å². The maximum atomic E-state index is 12.5. The minimum atomic E-state index is -0.0876. The average molecular weight is 920 g/mol. The summed E-state index contributed by atoms with van der Waals surface area (Å²) in [5, 5.41) is 10.0. The molecule has 0 aromatic heterocycles. The Bertz CT molecular complexity index is 597. The van der Waals surface area contributed by atoms with Crippen molar-refractivity contribution >= 4 is 27.8 Å². The first kappa shape index (κ1) is 57.4. The summed E-state index contributed by atoms with van der Waals surface area (Å²) >= 11 is 3.17. The molecule has 0 aliphatic heterocycles.